The van der Waals surface area contributed by atoms with Crippen molar-refractivity contribution in [3.05, 3.63) is 22.8 Å². The molecule has 2 amide bonds. The van der Waals surface area contributed by atoms with E-state index < -0.39 is 11.7 Å². The number of hydrogen-bond donors (Lipinski definition) is 1. The van der Waals surface area contributed by atoms with Crippen LogP contribution < -0.4 is 10.2 Å². The van der Waals surface area contributed by atoms with E-state index in [1.807, 2.05) is 0 Å². The molecule has 0 bridgehead atoms. The Morgan fingerprint density at radius 2 is 1.80 bits per heavy atom. The molecule has 2 saturated heterocycles. The van der Waals surface area contributed by atoms with Crippen LogP contribution in [0.1, 0.15) is 19.4 Å². The van der Waals surface area contributed by atoms with E-state index in [2.05, 4.69) is 29.0 Å². The molecule has 2 aliphatic rings. The topological polar surface area (TPSA) is 60.9 Å². The molecule has 0 spiro atoms. The van der Waals surface area contributed by atoms with Gasteiger partial charge in [-0.05, 0) is 19.9 Å². The number of aromatic nitrogens is 1. The van der Waals surface area contributed by atoms with Gasteiger partial charge < -0.3 is 19.9 Å². The van der Waals surface area contributed by atoms with Gasteiger partial charge in [0.1, 0.15) is 5.82 Å². The van der Waals surface area contributed by atoms with E-state index in [9.17, 15) is 18.0 Å². The summed E-state index contributed by atoms with van der Waals surface area (Å²) in [5.41, 5.74) is -1.06. The first-order valence-corrected chi connectivity index (χ1v) is 10.3. The molecular weight excluding hydrogens is 423 g/mol. The third-order valence-corrected chi connectivity index (χ3v) is 5.83. The van der Waals surface area contributed by atoms with E-state index in [0.717, 1.165) is 25.4 Å². The standard InChI is InChI=1S/C19H27ClF3N5O2/c1-18(2,28-7-9-30-10-8-28)13-25-17(29)27-5-3-26(4-6-27)16-15(20)11-14(12-24-16)19(21,22)23/h11-12H,3-10,13H2,1-2H3,(H,25,29). The first-order valence-electron chi connectivity index (χ1n) is 9.91. The van der Waals surface area contributed by atoms with E-state index in [0.29, 0.717) is 51.8 Å². The number of halogens is 4. The van der Waals surface area contributed by atoms with Crippen LogP contribution in [0.25, 0.3) is 0 Å². The van der Waals surface area contributed by atoms with Crippen LogP contribution in [0.3, 0.4) is 0 Å². The lowest BCUT2D eigenvalue weighted by molar-refractivity contribution is -0.137. The molecule has 11 heteroatoms. The van der Waals surface area contributed by atoms with Gasteiger partial charge in [-0.3, -0.25) is 4.90 Å². The van der Waals surface area contributed by atoms with E-state index in [1.165, 1.54) is 0 Å². The van der Waals surface area contributed by atoms with Crippen LogP contribution in [-0.2, 0) is 10.9 Å². The summed E-state index contributed by atoms with van der Waals surface area (Å²) < 4.78 is 43.7. The van der Waals surface area contributed by atoms with E-state index in [-0.39, 0.29) is 16.6 Å². The third-order valence-electron chi connectivity index (χ3n) is 5.55. The number of carbonyl (C=O) groups is 1. The molecule has 0 atom stereocenters. The predicted octanol–water partition coefficient (Wildman–Crippen LogP) is 2.70. The van der Waals surface area contributed by atoms with Crippen molar-refractivity contribution in [2.75, 3.05) is 63.9 Å². The van der Waals surface area contributed by atoms with Gasteiger partial charge in [-0.25, -0.2) is 9.78 Å². The van der Waals surface area contributed by atoms with Crippen molar-refractivity contribution in [2.24, 2.45) is 0 Å². The van der Waals surface area contributed by atoms with Gasteiger partial charge in [0.2, 0.25) is 0 Å². The number of rotatable bonds is 4. The van der Waals surface area contributed by atoms with Crippen LogP contribution in [0.5, 0.6) is 0 Å². The summed E-state index contributed by atoms with van der Waals surface area (Å²) in [6, 6.07) is 0.735. The average Bonchev–Trinajstić information content (AvgIpc) is 2.72. The molecule has 168 valence electrons. The number of alkyl halides is 3. The van der Waals surface area contributed by atoms with E-state index in [4.69, 9.17) is 16.3 Å². The summed E-state index contributed by atoms with van der Waals surface area (Å²) in [5.74, 6) is 0.304. The SMILES string of the molecule is CC(C)(CNC(=O)N1CCN(c2ncc(C(F)(F)F)cc2Cl)CC1)N1CCOCC1. The van der Waals surface area contributed by atoms with Crippen molar-refractivity contribution >= 4 is 23.4 Å². The van der Waals surface area contributed by atoms with Gasteiger partial charge in [0.25, 0.3) is 0 Å². The quantitative estimate of drug-likeness (QED) is 0.766. The fourth-order valence-corrected chi connectivity index (χ4v) is 3.91. The monoisotopic (exact) mass is 449 g/mol. The Balaban J connectivity index is 1.51. The van der Waals surface area contributed by atoms with E-state index in [1.54, 1.807) is 9.80 Å². The highest BCUT2D eigenvalue weighted by Crippen LogP contribution is 2.33. The summed E-state index contributed by atoms with van der Waals surface area (Å²) in [7, 11) is 0. The Morgan fingerprint density at radius 3 is 2.37 bits per heavy atom. The number of amides is 2. The van der Waals surface area contributed by atoms with Crippen LogP contribution in [0, 0.1) is 0 Å². The lowest BCUT2D eigenvalue weighted by Crippen LogP contribution is -2.58. The normalized spacial score (nSPS) is 19.1. The summed E-state index contributed by atoms with van der Waals surface area (Å²) in [5, 5.41) is 2.95. The van der Waals surface area contributed by atoms with Crippen molar-refractivity contribution in [3.63, 3.8) is 0 Å². The molecule has 0 saturated carbocycles. The summed E-state index contributed by atoms with van der Waals surface area (Å²) in [6.45, 7) is 9.51. The molecule has 1 aromatic rings. The second-order valence-electron chi connectivity index (χ2n) is 8.07. The number of carbonyl (C=O) groups excluding carboxylic acids is 1. The van der Waals surface area contributed by atoms with Crippen LogP contribution in [-0.4, -0.2) is 85.4 Å². The molecule has 0 radical (unpaired) electrons. The van der Waals surface area contributed by atoms with Crippen molar-refractivity contribution in [3.8, 4) is 0 Å². The number of ether oxygens (including phenoxy) is 1. The van der Waals surface area contributed by atoms with Crippen molar-refractivity contribution in [1.29, 1.82) is 0 Å². The largest absolute Gasteiger partial charge is 0.417 e. The molecule has 2 fully saturated rings. The number of pyridine rings is 1. The highest BCUT2D eigenvalue weighted by molar-refractivity contribution is 6.33. The highest BCUT2D eigenvalue weighted by Gasteiger charge is 2.33. The number of nitrogens with zero attached hydrogens (tertiary/aromatic N) is 4. The zero-order valence-corrected chi connectivity index (χ0v) is 17.9. The maximum atomic E-state index is 12.8. The highest BCUT2D eigenvalue weighted by atomic mass is 35.5. The predicted molar refractivity (Wildman–Crippen MR) is 108 cm³/mol. The molecule has 0 aliphatic carbocycles. The van der Waals surface area contributed by atoms with Gasteiger partial charge in [0.05, 0.1) is 23.8 Å². The lowest BCUT2D eigenvalue weighted by atomic mass is 10.0. The molecule has 3 heterocycles. The molecule has 0 unspecified atom stereocenters. The van der Waals surface area contributed by atoms with Crippen LogP contribution >= 0.6 is 11.6 Å². The van der Waals surface area contributed by atoms with Crippen LogP contribution in [0.2, 0.25) is 5.02 Å². The maximum Gasteiger partial charge on any atom is 0.417 e. The number of piperazine rings is 1. The Hall–Kier alpha value is -1.78. The minimum atomic E-state index is -4.49. The fourth-order valence-electron chi connectivity index (χ4n) is 3.62. The van der Waals surface area contributed by atoms with E-state index >= 15 is 0 Å². The summed E-state index contributed by atoms with van der Waals surface area (Å²) in [4.78, 5) is 22.3. The van der Waals surface area contributed by atoms with Crippen molar-refractivity contribution in [1.82, 2.24) is 20.1 Å². The van der Waals surface area contributed by atoms with Gasteiger partial charge >= 0.3 is 12.2 Å². The number of morpholine rings is 1. The molecular formula is C19H27ClF3N5O2. The molecule has 2 aliphatic heterocycles. The first kappa shape index (κ1) is 22.9. The summed E-state index contributed by atoms with van der Waals surface area (Å²) >= 11 is 6.03. The molecule has 30 heavy (non-hydrogen) atoms. The summed E-state index contributed by atoms with van der Waals surface area (Å²) in [6.07, 6.45) is -3.70. The number of nitrogens with one attached hydrogen (secondary N) is 1. The fraction of sp³-hybridized carbons (Fsp3) is 0.684. The Bertz CT molecular complexity index is 748. The Kier molecular flexibility index (Phi) is 6.98. The maximum absolute atomic E-state index is 12.8. The smallest absolute Gasteiger partial charge is 0.379 e. The minimum absolute atomic E-state index is 0.0463. The lowest BCUT2D eigenvalue weighted by Gasteiger charge is -2.41. The number of anilines is 1. The zero-order chi connectivity index (χ0) is 21.9. The second-order valence-corrected chi connectivity index (χ2v) is 8.48. The van der Waals surface area contributed by atoms with Crippen molar-refractivity contribution in [2.45, 2.75) is 25.6 Å². The zero-order valence-electron chi connectivity index (χ0n) is 17.1. The molecule has 0 aromatic carbocycles. The van der Waals surface area contributed by atoms with Gasteiger partial charge in [0.15, 0.2) is 0 Å². The van der Waals surface area contributed by atoms with Gasteiger partial charge in [-0.15, -0.1) is 0 Å². The van der Waals surface area contributed by atoms with Gasteiger partial charge in [-0.2, -0.15) is 13.2 Å². The Labute approximate surface area is 179 Å². The van der Waals surface area contributed by atoms with Crippen LogP contribution in [0.4, 0.5) is 23.8 Å². The van der Waals surface area contributed by atoms with Gasteiger partial charge in [-0.1, -0.05) is 11.6 Å². The van der Waals surface area contributed by atoms with Gasteiger partial charge in [0, 0.05) is 57.5 Å². The number of urea groups is 1. The molecule has 7 nitrogen and oxygen atoms in total. The van der Waals surface area contributed by atoms with Crippen LogP contribution in [0.15, 0.2) is 12.3 Å². The second kappa shape index (κ2) is 9.15. The van der Waals surface area contributed by atoms with Crippen molar-refractivity contribution < 1.29 is 22.7 Å². The minimum Gasteiger partial charge on any atom is -0.379 e. The molecule has 1 N–H and O–H groups in total. The third kappa shape index (κ3) is 5.47. The first-order chi connectivity index (χ1) is 14.1. The average molecular weight is 450 g/mol. The number of hydrogen-bond acceptors (Lipinski definition) is 5. The molecule has 1 aromatic heterocycles. The Morgan fingerprint density at radius 1 is 1.17 bits per heavy atom. The molecule has 3 rings (SSSR count).